The van der Waals surface area contributed by atoms with Crippen LogP contribution in [0.15, 0.2) is 6.20 Å². The monoisotopic (exact) mass is 197 g/mol. The number of nitrogens with zero attached hydrogens (tertiary/aromatic N) is 3. The minimum atomic E-state index is 0.362. The molecule has 0 N–H and O–H groups in total. The van der Waals surface area contributed by atoms with E-state index in [1.54, 1.807) is 0 Å². The summed E-state index contributed by atoms with van der Waals surface area (Å²) < 4.78 is 7.30. The van der Waals surface area contributed by atoms with Gasteiger partial charge in [0.1, 0.15) is 5.69 Å². The van der Waals surface area contributed by atoms with E-state index in [0.717, 1.165) is 12.3 Å². The first-order valence-electron chi connectivity index (χ1n) is 5.08. The number of hydrogen-bond donors (Lipinski definition) is 0. The fraction of sp³-hybridized carbons (Fsp3) is 0.800. The average molecular weight is 197 g/mol. The van der Waals surface area contributed by atoms with E-state index in [1.165, 1.54) is 0 Å². The van der Waals surface area contributed by atoms with E-state index in [4.69, 9.17) is 4.74 Å². The van der Waals surface area contributed by atoms with Crippen LogP contribution in [0, 0.1) is 5.92 Å². The molecule has 0 amide bonds. The first kappa shape index (κ1) is 11.2. The molecule has 0 spiro atoms. The Morgan fingerprint density at radius 2 is 2.07 bits per heavy atom. The summed E-state index contributed by atoms with van der Waals surface area (Å²) in [4.78, 5) is 0. The first-order chi connectivity index (χ1) is 6.59. The quantitative estimate of drug-likeness (QED) is 0.725. The minimum absolute atomic E-state index is 0.362. The van der Waals surface area contributed by atoms with Crippen molar-refractivity contribution in [2.24, 2.45) is 5.92 Å². The van der Waals surface area contributed by atoms with Gasteiger partial charge in [0.2, 0.25) is 0 Å². The molecule has 0 fully saturated rings. The third kappa shape index (κ3) is 3.46. The van der Waals surface area contributed by atoms with Gasteiger partial charge in [0.25, 0.3) is 0 Å². The van der Waals surface area contributed by atoms with Crippen LogP contribution in [0.25, 0.3) is 0 Å². The van der Waals surface area contributed by atoms with E-state index in [2.05, 4.69) is 38.0 Å². The molecule has 0 saturated heterocycles. The molecule has 0 unspecified atom stereocenters. The molecule has 1 rings (SSSR count). The molecular formula is C10H19N3O. The van der Waals surface area contributed by atoms with Crippen LogP contribution in [0.3, 0.4) is 0 Å². The maximum absolute atomic E-state index is 5.46. The van der Waals surface area contributed by atoms with Crippen molar-refractivity contribution >= 4 is 0 Å². The highest BCUT2D eigenvalue weighted by Crippen LogP contribution is 2.04. The van der Waals surface area contributed by atoms with Crippen LogP contribution >= 0.6 is 0 Å². The number of rotatable bonds is 5. The van der Waals surface area contributed by atoms with Crippen molar-refractivity contribution in [3.63, 3.8) is 0 Å². The second-order valence-electron chi connectivity index (χ2n) is 4.19. The third-order valence-electron chi connectivity index (χ3n) is 1.79. The molecule has 0 bridgehead atoms. The molecule has 1 heterocycles. The van der Waals surface area contributed by atoms with Crippen LogP contribution in [-0.2, 0) is 11.3 Å². The molecule has 0 aliphatic carbocycles. The van der Waals surface area contributed by atoms with Gasteiger partial charge in [0.15, 0.2) is 0 Å². The fourth-order valence-electron chi connectivity index (χ4n) is 1.03. The molecule has 0 aliphatic rings. The Morgan fingerprint density at radius 1 is 1.36 bits per heavy atom. The largest absolute Gasteiger partial charge is 0.375 e. The van der Waals surface area contributed by atoms with E-state index in [-0.39, 0.29) is 0 Å². The second kappa shape index (κ2) is 5.10. The van der Waals surface area contributed by atoms with Crippen LogP contribution in [-0.4, -0.2) is 21.6 Å². The summed E-state index contributed by atoms with van der Waals surface area (Å²) in [6.07, 6.45) is 1.94. The predicted molar refractivity (Wildman–Crippen MR) is 54.9 cm³/mol. The van der Waals surface area contributed by atoms with Crippen LogP contribution in [0.4, 0.5) is 0 Å². The maximum Gasteiger partial charge on any atom is 0.108 e. The summed E-state index contributed by atoms with van der Waals surface area (Å²) in [7, 11) is 0. The molecule has 0 aliphatic heterocycles. The van der Waals surface area contributed by atoms with Gasteiger partial charge in [0, 0.05) is 12.6 Å². The second-order valence-corrected chi connectivity index (χ2v) is 4.19. The highest BCUT2D eigenvalue weighted by molar-refractivity contribution is 4.90. The summed E-state index contributed by atoms with van der Waals surface area (Å²) in [5.74, 6) is 0.565. The van der Waals surface area contributed by atoms with E-state index < -0.39 is 0 Å². The van der Waals surface area contributed by atoms with Crippen LogP contribution in [0.5, 0.6) is 0 Å². The van der Waals surface area contributed by atoms with Crippen molar-refractivity contribution in [3.8, 4) is 0 Å². The van der Waals surface area contributed by atoms with Gasteiger partial charge in [-0.3, -0.25) is 0 Å². The van der Waals surface area contributed by atoms with E-state index in [9.17, 15) is 0 Å². The molecule has 14 heavy (non-hydrogen) atoms. The Bertz CT molecular complexity index is 268. The van der Waals surface area contributed by atoms with Crippen LogP contribution in [0.2, 0.25) is 0 Å². The molecule has 1 aromatic heterocycles. The molecule has 80 valence electrons. The lowest BCUT2D eigenvalue weighted by molar-refractivity contribution is 0.0947. The summed E-state index contributed by atoms with van der Waals surface area (Å²) in [6, 6.07) is 0.362. The molecule has 0 saturated carbocycles. The molecular weight excluding hydrogens is 178 g/mol. The molecule has 1 aromatic rings. The van der Waals surface area contributed by atoms with Crippen LogP contribution in [0.1, 0.15) is 39.4 Å². The van der Waals surface area contributed by atoms with Crippen molar-refractivity contribution in [2.45, 2.75) is 40.3 Å². The zero-order valence-corrected chi connectivity index (χ0v) is 9.40. The van der Waals surface area contributed by atoms with E-state index >= 15 is 0 Å². The van der Waals surface area contributed by atoms with Gasteiger partial charge in [-0.25, -0.2) is 4.68 Å². The molecule has 0 atom stereocenters. The Hall–Kier alpha value is -0.900. The zero-order chi connectivity index (χ0) is 10.6. The van der Waals surface area contributed by atoms with Gasteiger partial charge in [-0.1, -0.05) is 19.1 Å². The normalized spacial score (nSPS) is 11.6. The van der Waals surface area contributed by atoms with Gasteiger partial charge < -0.3 is 4.74 Å². The standard InChI is InChI=1S/C10H19N3O/c1-8(2)6-14-7-10-5-13(9(3)4)12-11-10/h5,8-9H,6-7H2,1-4H3. The highest BCUT2D eigenvalue weighted by Gasteiger charge is 2.03. The van der Waals surface area contributed by atoms with Crippen LogP contribution < -0.4 is 0 Å². The van der Waals surface area contributed by atoms with Crippen molar-refractivity contribution < 1.29 is 4.74 Å². The van der Waals surface area contributed by atoms with Crippen molar-refractivity contribution in [2.75, 3.05) is 6.61 Å². The Kier molecular flexibility index (Phi) is 4.07. The molecule has 0 aromatic carbocycles. The highest BCUT2D eigenvalue weighted by atomic mass is 16.5. The van der Waals surface area contributed by atoms with Gasteiger partial charge >= 0.3 is 0 Å². The lowest BCUT2D eigenvalue weighted by Gasteiger charge is -2.04. The van der Waals surface area contributed by atoms with Crippen molar-refractivity contribution in [1.29, 1.82) is 0 Å². The SMILES string of the molecule is CC(C)COCc1cn(C(C)C)nn1. The molecule has 4 nitrogen and oxygen atoms in total. The van der Waals surface area contributed by atoms with Gasteiger partial charge in [-0.2, -0.15) is 0 Å². The summed E-state index contributed by atoms with van der Waals surface area (Å²) in [6.45, 7) is 9.75. The van der Waals surface area contributed by atoms with E-state index in [1.807, 2.05) is 10.9 Å². The molecule has 4 heteroatoms. The zero-order valence-electron chi connectivity index (χ0n) is 9.40. The van der Waals surface area contributed by atoms with Gasteiger partial charge in [0.05, 0.1) is 12.8 Å². The van der Waals surface area contributed by atoms with E-state index in [0.29, 0.717) is 18.6 Å². The predicted octanol–water partition coefficient (Wildman–Crippen LogP) is 2.03. The smallest absolute Gasteiger partial charge is 0.108 e. The summed E-state index contributed by atoms with van der Waals surface area (Å²) in [5, 5.41) is 8.02. The summed E-state index contributed by atoms with van der Waals surface area (Å²) in [5.41, 5.74) is 0.902. The average Bonchev–Trinajstić information content (AvgIpc) is 2.52. The Morgan fingerprint density at radius 3 is 2.57 bits per heavy atom. The fourth-order valence-corrected chi connectivity index (χ4v) is 1.03. The Labute approximate surface area is 85.3 Å². The minimum Gasteiger partial charge on any atom is -0.375 e. The lowest BCUT2D eigenvalue weighted by atomic mass is 10.2. The number of hydrogen-bond acceptors (Lipinski definition) is 3. The van der Waals surface area contributed by atoms with Gasteiger partial charge in [-0.05, 0) is 19.8 Å². The first-order valence-corrected chi connectivity index (χ1v) is 5.08. The van der Waals surface area contributed by atoms with Crippen molar-refractivity contribution in [1.82, 2.24) is 15.0 Å². The molecule has 0 radical (unpaired) electrons. The number of ether oxygens (including phenoxy) is 1. The van der Waals surface area contributed by atoms with Crippen molar-refractivity contribution in [3.05, 3.63) is 11.9 Å². The summed E-state index contributed by atoms with van der Waals surface area (Å²) >= 11 is 0. The topological polar surface area (TPSA) is 39.9 Å². The van der Waals surface area contributed by atoms with Gasteiger partial charge in [-0.15, -0.1) is 5.10 Å². The number of aromatic nitrogens is 3. The lowest BCUT2D eigenvalue weighted by Crippen LogP contribution is -2.02. The Balaban J connectivity index is 2.36. The maximum atomic E-state index is 5.46. The third-order valence-corrected chi connectivity index (χ3v) is 1.79.